The van der Waals surface area contributed by atoms with Gasteiger partial charge in [-0.3, -0.25) is 4.79 Å². The van der Waals surface area contributed by atoms with Gasteiger partial charge in [0.05, 0.1) is 15.9 Å². The van der Waals surface area contributed by atoms with Crippen LogP contribution in [-0.4, -0.2) is 18.5 Å². The Bertz CT molecular complexity index is 1230. The molecule has 1 N–H and O–H groups in total. The first kappa shape index (κ1) is 22.8. The van der Waals surface area contributed by atoms with Crippen LogP contribution >= 0.6 is 22.6 Å². The highest BCUT2D eigenvalue weighted by atomic mass is 127. The van der Waals surface area contributed by atoms with E-state index in [0.717, 1.165) is 8.47 Å². The predicted octanol–water partition coefficient (Wildman–Crippen LogP) is 5.51. The van der Waals surface area contributed by atoms with Crippen molar-refractivity contribution in [3.8, 4) is 11.5 Å². The van der Waals surface area contributed by atoms with Crippen molar-refractivity contribution in [1.82, 2.24) is 5.32 Å². The molecule has 4 rings (SSSR count). The maximum Gasteiger partial charge on any atom is 0.333 e. The molecule has 0 bridgehead atoms. The molecule has 6 nitrogen and oxygen atoms in total. The van der Waals surface area contributed by atoms with Crippen LogP contribution in [0.15, 0.2) is 72.4 Å². The summed E-state index contributed by atoms with van der Waals surface area (Å²) in [6, 6.07) is 18.1. The van der Waals surface area contributed by atoms with Crippen molar-refractivity contribution in [2.75, 3.05) is 11.5 Å². The second kappa shape index (κ2) is 10.0. The Morgan fingerprint density at radius 1 is 1.03 bits per heavy atom. The van der Waals surface area contributed by atoms with Crippen LogP contribution in [0.1, 0.15) is 18.1 Å². The zero-order valence-electron chi connectivity index (χ0n) is 17.7. The molecule has 0 unspecified atom stereocenters. The third-order valence-electron chi connectivity index (χ3n) is 4.87. The van der Waals surface area contributed by atoms with Crippen molar-refractivity contribution >= 4 is 46.3 Å². The lowest BCUT2D eigenvalue weighted by molar-refractivity contribution is -0.113. The number of ether oxygens (including phenoxy) is 2. The van der Waals surface area contributed by atoms with E-state index in [2.05, 4.69) is 27.9 Å². The van der Waals surface area contributed by atoms with Gasteiger partial charge in [-0.05, 0) is 71.5 Å². The van der Waals surface area contributed by atoms with Gasteiger partial charge >= 0.3 is 6.03 Å². The van der Waals surface area contributed by atoms with Gasteiger partial charge in [0.25, 0.3) is 5.91 Å². The van der Waals surface area contributed by atoms with Crippen LogP contribution in [0.2, 0.25) is 0 Å². The molecule has 0 spiro atoms. The molecule has 0 aromatic heterocycles. The Morgan fingerprint density at radius 2 is 1.76 bits per heavy atom. The summed E-state index contributed by atoms with van der Waals surface area (Å²) in [6.07, 6.45) is 1.59. The third-order valence-corrected chi connectivity index (χ3v) is 5.67. The molecule has 1 aliphatic heterocycles. The van der Waals surface area contributed by atoms with E-state index in [4.69, 9.17) is 9.47 Å². The predicted molar refractivity (Wildman–Crippen MR) is 131 cm³/mol. The highest BCUT2D eigenvalue weighted by Gasteiger charge is 2.34. The number of rotatable bonds is 7. The van der Waals surface area contributed by atoms with Crippen molar-refractivity contribution in [1.29, 1.82) is 0 Å². The number of nitrogens with one attached hydrogen (secondary N) is 1. The second-order valence-electron chi connectivity index (χ2n) is 7.11. The Morgan fingerprint density at radius 3 is 2.48 bits per heavy atom. The number of nitrogens with zero attached hydrogens (tertiary/aromatic N) is 1. The van der Waals surface area contributed by atoms with Gasteiger partial charge in [0.2, 0.25) is 0 Å². The number of carbonyl (C=O) groups is 2. The van der Waals surface area contributed by atoms with Gasteiger partial charge < -0.3 is 14.8 Å². The number of anilines is 1. The van der Waals surface area contributed by atoms with Crippen molar-refractivity contribution < 1.29 is 23.5 Å². The smallest absolute Gasteiger partial charge is 0.333 e. The van der Waals surface area contributed by atoms with Crippen molar-refractivity contribution in [3.05, 3.63) is 92.9 Å². The zero-order chi connectivity index (χ0) is 23.4. The fourth-order valence-corrected chi connectivity index (χ4v) is 4.13. The van der Waals surface area contributed by atoms with Crippen LogP contribution in [-0.2, 0) is 11.4 Å². The lowest BCUT2D eigenvalue weighted by atomic mass is 10.1. The molecular formula is C25H20FIN2O4. The normalized spacial score (nSPS) is 14.5. The minimum absolute atomic E-state index is 0.0454. The van der Waals surface area contributed by atoms with Gasteiger partial charge in [0.15, 0.2) is 11.5 Å². The average molecular weight is 558 g/mol. The highest BCUT2D eigenvalue weighted by molar-refractivity contribution is 14.1. The molecule has 1 aliphatic rings. The molecular weight excluding hydrogens is 538 g/mol. The van der Waals surface area contributed by atoms with E-state index in [1.54, 1.807) is 60.7 Å². The number of halogens is 2. The van der Waals surface area contributed by atoms with Gasteiger partial charge in [-0.15, -0.1) is 0 Å². The maximum absolute atomic E-state index is 14.0. The standard InChI is InChI=1S/C25H20FIN2O4/c1-2-32-22-14-16(12-20(27)23(22)33-15-17-8-6-7-11-19(17)26)13-21-24(30)29(25(31)28-21)18-9-4-3-5-10-18/h3-14H,2,15H2,1H3,(H,28,31)/b21-13+. The monoisotopic (exact) mass is 558 g/mol. The summed E-state index contributed by atoms with van der Waals surface area (Å²) in [5.74, 6) is 0.157. The number of hydrogen-bond acceptors (Lipinski definition) is 4. The molecule has 1 saturated heterocycles. The summed E-state index contributed by atoms with van der Waals surface area (Å²) in [7, 11) is 0. The molecule has 0 atom stereocenters. The first-order valence-corrected chi connectivity index (χ1v) is 11.3. The van der Waals surface area contributed by atoms with E-state index < -0.39 is 11.9 Å². The van der Waals surface area contributed by atoms with Crippen LogP contribution in [0, 0.1) is 9.39 Å². The van der Waals surface area contributed by atoms with Gasteiger partial charge in [-0.1, -0.05) is 36.4 Å². The number of imide groups is 1. The average Bonchev–Trinajstić information content (AvgIpc) is 3.07. The quantitative estimate of drug-likeness (QED) is 0.236. The Kier molecular flexibility index (Phi) is 6.93. The molecule has 33 heavy (non-hydrogen) atoms. The van der Waals surface area contributed by atoms with E-state index in [-0.39, 0.29) is 18.1 Å². The SMILES string of the molecule is CCOc1cc(/C=C2/NC(=O)N(c3ccccc3)C2=O)cc(I)c1OCc1ccccc1F. The fourth-order valence-electron chi connectivity index (χ4n) is 3.35. The number of carbonyl (C=O) groups excluding carboxylic acids is 2. The molecule has 0 saturated carbocycles. The summed E-state index contributed by atoms with van der Waals surface area (Å²) < 4.78 is 26.3. The minimum Gasteiger partial charge on any atom is -0.490 e. The third kappa shape index (κ3) is 5.00. The summed E-state index contributed by atoms with van der Waals surface area (Å²) in [5.41, 5.74) is 1.73. The van der Waals surface area contributed by atoms with Crippen LogP contribution in [0.3, 0.4) is 0 Å². The summed E-state index contributed by atoms with van der Waals surface area (Å²) >= 11 is 2.10. The molecule has 1 heterocycles. The zero-order valence-corrected chi connectivity index (χ0v) is 19.8. The molecule has 3 amide bonds. The van der Waals surface area contributed by atoms with E-state index in [9.17, 15) is 14.0 Å². The fraction of sp³-hybridized carbons (Fsp3) is 0.120. The van der Waals surface area contributed by atoms with Crippen LogP contribution in [0.5, 0.6) is 11.5 Å². The van der Waals surface area contributed by atoms with Crippen LogP contribution < -0.4 is 19.7 Å². The van der Waals surface area contributed by atoms with Gasteiger partial charge in [-0.2, -0.15) is 0 Å². The summed E-state index contributed by atoms with van der Waals surface area (Å²) in [4.78, 5) is 26.3. The Labute approximate surface area is 204 Å². The first-order valence-electron chi connectivity index (χ1n) is 10.2. The molecule has 1 fully saturated rings. The molecule has 3 aromatic carbocycles. The maximum atomic E-state index is 14.0. The van der Waals surface area contributed by atoms with Crippen molar-refractivity contribution in [3.63, 3.8) is 0 Å². The first-order chi connectivity index (χ1) is 16.0. The lowest BCUT2D eigenvalue weighted by Crippen LogP contribution is -2.30. The Hall–Kier alpha value is -3.40. The van der Waals surface area contributed by atoms with E-state index in [1.165, 1.54) is 6.07 Å². The van der Waals surface area contributed by atoms with Gasteiger partial charge in [0.1, 0.15) is 18.1 Å². The van der Waals surface area contributed by atoms with Crippen molar-refractivity contribution in [2.24, 2.45) is 0 Å². The molecule has 0 radical (unpaired) electrons. The number of hydrogen-bond donors (Lipinski definition) is 1. The largest absolute Gasteiger partial charge is 0.490 e. The second-order valence-corrected chi connectivity index (χ2v) is 8.27. The van der Waals surface area contributed by atoms with Gasteiger partial charge in [-0.25, -0.2) is 14.1 Å². The number of amides is 3. The van der Waals surface area contributed by atoms with E-state index in [1.807, 2.05) is 13.0 Å². The van der Waals surface area contributed by atoms with Crippen LogP contribution in [0.4, 0.5) is 14.9 Å². The van der Waals surface area contributed by atoms with Crippen LogP contribution in [0.25, 0.3) is 6.08 Å². The van der Waals surface area contributed by atoms with Crippen molar-refractivity contribution in [2.45, 2.75) is 13.5 Å². The minimum atomic E-state index is -0.512. The number of urea groups is 1. The Balaban J connectivity index is 1.61. The summed E-state index contributed by atoms with van der Waals surface area (Å²) in [5, 5.41) is 2.62. The summed E-state index contributed by atoms with van der Waals surface area (Å²) in [6.45, 7) is 2.28. The number of benzene rings is 3. The topological polar surface area (TPSA) is 67.9 Å². The van der Waals surface area contributed by atoms with E-state index >= 15 is 0 Å². The van der Waals surface area contributed by atoms with E-state index in [0.29, 0.717) is 34.9 Å². The highest BCUT2D eigenvalue weighted by Crippen LogP contribution is 2.36. The molecule has 8 heteroatoms. The number of para-hydroxylation sites is 1. The lowest BCUT2D eigenvalue weighted by Gasteiger charge is -2.15. The molecule has 3 aromatic rings. The molecule has 168 valence electrons. The molecule has 0 aliphatic carbocycles. The van der Waals surface area contributed by atoms with Gasteiger partial charge in [0, 0.05) is 5.56 Å².